The van der Waals surface area contributed by atoms with E-state index >= 15 is 0 Å². The number of aromatic nitrogens is 2. The van der Waals surface area contributed by atoms with E-state index in [2.05, 4.69) is 9.97 Å². The van der Waals surface area contributed by atoms with Crippen LogP contribution in [0.5, 0.6) is 5.75 Å². The number of ether oxygens (including phenoxy) is 1. The molecule has 4 aromatic rings. The molecule has 0 bridgehead atoms. The molecule has 1 N–H and O–H groups in total. The van der Waals surface area contributed by atoms with Crippen molar-refractivity contribution in [2.75, 3.05) is 6.61 Å². The van der Waals surface area contributed by atoms with Crippen molar-refractivity contribution in [3.05, 3.63) is 77.9 Å². The SMILES string of the molecule is CCOc1ccccc1-c1nc2c(C(=O)Cc3cccc(S(=O)(=O)C(F)(F)F)c3)cccc2[nH]1. The Bertz CT molecular complexity index is 1480. The van der Waals surface area contributed by atoms with Crippen LogP contribution in [-0.4, -0.2) is 36.3 Å². The molecule has 0 amide bonds. The van der Waals surface area contributed by atoms with Gasteiger partial charge >= 0.3 is 5.51 Å². The summed E-state index contributed by atoms with van der Waals surface area (Å²) in [4.78, 5) is 19.9. The molecule has 6 nitrogen and oxygen atoms in total. The highest BCUT2D eigenvalue weighted by molar-refractivity contribution is 7.92. The fourth-order valence-electron chi connectivity index (χ4n) is 3.57. The first-order chi connectivity index (χ1) is 16.1. The van der Waals surface area contributed by atoms with Gasteiger partial charge in [-0.2, -0.15) is 13.2 Å². The van der Waals surface area contributed by atoms with Gasteiger partial charge in [0.1, 0.15) is 11.6 Å². The number of ketones is 1. The minimum absolute atomic E-state index is 0.143. The summed E-state index contributed by atoms with van der Waals surface area (Å²) in [6, 6.07) is 16.6. The van der Waals surface area contributed by atoms with E-state index < -0.39 is 26.0 Å². The van der Waals surface area contributed by atoms with E-state index in [1.807, 2.05) is 25.1 Å². The number of para-hydroxylation sites is 2. The summed E-state index contributed by atoms with van der Waals surface area (Å²) >= 11 is 0. The summed E-state index contributed by atoms with van der Waals surface area (Å²) in [5.41, 5.74) is -3.31. The van der Waals surface area contributed by atoms with Gasteiger partial charge in [-0.05, 0) is 48.9 Å². The lowest BCUT2D eigenvalue weighted by Crippen LogP contribution is -2.23. The molecule has 1 heterocycles. The Labute approximate surface area is 193 Å². The summed E-state index contributed by atoms with van der Waals surface area (Å²) in [7, 11) is -5.51. The molecular weight excluding hydrogens is 469 g/mol. The number of alkyl halides is 3. The van der Waals surface area contributed by atoms with Crippen LogP contribution >= 0.6 is 0 Å². The molecule has 0 aliphatic heterocycles. The predicted molar refractivity (Wildman–Crippen MR) is 120 cm³/mol. The summed E-state index contributed by atoms with van der Waals surface area (Å²) in [5.74, 6) is 0.709. The first kappa shape index (κ1) is 23.5. The predicted octanol–water partition coefficient (Wildman–Crippen LogP) is 5.35. The molecule has 0 aliphatic carbocycles. The Morgan fingerprint density at radius 3 is 2.50 bits per heavy atom. The van der Waals surface area contributed by atoms with Gasteiger partial charge in [-0.3, -0.25) is 4.79 Å². The molecule has 3 aromatic carbocycles. The van der Waals surface area contributed by atoms with Crippen LogP contribution in [0.2, 0.25) is 0 Å². The molecule has 0 unspecified atom stereocenters. The molecule has 0 aliphatic rings. The lowest BCUT2D eigenvalue weighted by Gasteiger charge is -2.09. The van der Waals surface area contributed by atoms with E-state index in [-0.39, 0.29) is 17.5 Å². The van der Waals surface area contributed by atoms with Crippen molar-refractivity contribution in [2.24, 2.45) is 0 Å². The lowest BCUT2D eigenvalue weighted by molar-refractivity contribution is -0.0436. The molecule has 0 saturated heterocycles. The summed E-state index contributed by atoms with van der Waals surface area (Å²) < 4.78 is 67.8. The second-order valence-corrected chi connectivity index (χ2v) is 9.35. The van der Waals surface area contributed by atoms with E-state index in [0.29, 0.717) is 34.8 Å². The molecule has 4 rings (SSSR count). The van der Waals surface area contributed by atoms with Crippen LogP contribution in [0, 0.1) is 0 Å². The molecular formula is C24H19F3N2O4S. The number of nitrogens with one attached hydrogen (secondary N) is 1. The number of rotatable bonds is 7. The topological polar surface area (TPSA) is 89.1 Å². The van der Waals surface area contributed by atoms with Crippen molar-refractivity contribution in [3.8, 4) is 17.1 Å². The maximum absolute atomic E-state index is 13.1. The van der Waals surface area contributed by atoms with Gasteiger partial charge in [-0.15, -0.1) is 0 Å². The summed E-state index contributed by atoms with van der Waals surface area (Å²) in [6.45, 7) is 2.32. The quantitative estimate of drug-likeness (QED) is 0.355. The molecule has 34 heavy (non-hydrogen) atoms. The van der Waals surface area contributed by atoms with Gasteiger partial charge in [0.25, 0.3) is 9.84 Å². The van der Waals surface area contributed by atoms with Gasteiger partial charge < -0.3 is 9.72 Å². The molecule has 0 fully saturated rings. The third-order valence-electron chi connectivity index (χ3n) is 5.13. The minimum Gasteiger partial charge on any atom is -0.493 e. The van der Waals surface area contributed by atoms with Crippen LogP contribution in [0.4, 0.5) is 13.2 Å². The number of sulfone groups is 1. The zero-order valence-corrected chi connectivity index (χ0v) is 18.7. The lowest BCUT2D eigenvalue weighted by atomic mass is 10.0. The van der Waals surface area contributed by atoms with E-state index in [1.54, 1.807) is 24.3 Å². The summed E-state index contributed by atoms with van der Waals surface area (Å²) in [5, 5.41) is 0. The van der Waals surface area contributed by atoms with Crippen molar-refractivity contribution in [3.63, 3.8) is 0 Å². The van der Waals surface area contributed by atoms with Crippen LogP contribution in [0.1, 0.15) is 22.8 Å². The van der Waals surface area contributed by atoms with E-state index in [1.165, 1.54) is 12.1 Å². The largest absolute Gasteiger partial charge is 0.501 e. The number of aromatic amines is 1. The zero-order chi connectivity index (χ0) is 24.5. The minimum atomic E-state index is -5.51. The van der Waals surface area contributed by atoms with Gasteiger partial charge in [-0.1, -0.05) is 30.3 Å². The Morgan fingerprint density at radius 2 is 1.76 bits per heavy atom. The van der Waals surface area contributed by atoms with Crippen LogP contribution in [0.15, 0.2) is 71.6 Å². The molecule has 1 aromatic heterocycles. The molecule has 0 atom stereocenters. The maximum atomic E-state index is 13.1. The Kier molecular flexibility index (Phi) is 6.18. The van der Waals surface area contributed by atoms with E-state index in [0.717, 1.165) is 12.1 Å². The second-order valence-electron chi connectivity index (χ2n) is 7.41. The maximum Gasteiger partial charge on any atom is 0.501 e. The van der Waals surface area contributed by atoms with Gasteiger partial charge in [0.05, 0.1) is 28.1 Å². The van der Waals surface area contributed by atoms with E-state index in [9.17, 15) is 26.4 Å². The van der Waals surface area contributed by atoms with Gasteiger partial charge in [0.15, 0.2) is 5.78 Å². The number of hydrogen-bond acceptors (Lipinski definition) is 5. The number of carbonyl (C=O) groups excluding carboxylic acids is 1. The monoisotopic (exact) mass is 488 g/mol. The number of hydrogen-bond donors (Lipinski definition) is 1. The molecule has 0 radical (unpaired) electrons. The average Bonchev–Trinajstić information content (AvgIpc) is 3.23. The van der Waals surface area contributed by atoms with E-state index in [4.69, 9.17) is 4.74 Å². The smallest absolute Gasteiger partial charge is 0.493 e. The second kappa shape index (κ2) is 8.94. The van der Waals surface area contributed by atoms with Gasteiger partial charge in [-0.25, -0.2) is 13.4 Å². The third-order valence-corrected chi connectivity index (χ3v) is 6.62. The molecule has 0 spiro atoms. The number of benzene rings is 3. The zero-order valence-electron chi connectivity index (χ0n) is 17.9. The average molecular weight is 488 g/mol. The number of Topliss-reactive ketones (excluding diaryl/α,β-unsaturated/α-hetero) is 1. The Balaban J connectivity index is 1.68. The number of nitrogens with zero attached hydrogens (tertiary/aromatic N) is 1. The normalized spacial score (nSPS) is 12.1. The van der Waals surface area contributed by atoms with Crippen LogP contribution in [0.3, 0.4) is 0 Å². The number of halogens is 3. The van der Waals surface area contributed by atoms with Crippen LogP contribution in [-0.2, 0) is 16.3 Å². The number of carbonyl (C=O) groups is 1. The Morgan fingerprint density at radius 1 is 1.03 bits per heavy atom. The number of imidazole rings is 1. The highest BCUT2D eigenvalue weighted by Gasteiger charge is 2.46. The molecule has 0 saturated carbocycles. The molecule has 176 valence electrons. The van der Waals surface area contributed by atoms with Crippen LogP contribution in [0.25, 0.3) is 22.4 Å². The van der Waals surface area contributed by atoms with Crippen molar-refractivity contribution >= 4 is 26.7 Å². The fourth-order valence-corrected chi connectivity index (χ4v) is 4.40. The van der Waals surface area contributed by atoms with Crippen molar-refractivity contribution < 1.29 is 31.1 Å². The van der Waals surface area contributed by atoms with Crippen molar-refractivity contribution in [1.82, 2.24) is 9.97 Å². The fraction of sp³-hybridized carbons (Fsp3) is 0.167. The number of fused-ring (bicyclic) bond motifs is 1. The number of H-pyrrole nitrogens is 1. The van der Waals surface area contributed by atoms with Crippen molar-refractivity contribution in [2.45, 2.75) is 23.7 Å². The Hall–Kier alpha value is -3.66. The molecule has 10 heteroatoms. The highest BCUT2D eigenvalue weighted by Crippen LogP contribution is 2.32. The highest BCUT2D eigenvalue weighted by atomic mass is 32.2. The first-order valence-corrected chi connectivity index (χ1v) is 11.7. The standard InChI is InChI=1S/C24H19F3N2O4S/c1-2-33-21-12-4-3-9-18(21)23-28-19-11-6-10-17(22(19)29-23)20(30)14-15-7-5-8-16(13-15)34(31,32)24(25,26)27/h3-13H,2,14H2,1H3,(H,28,29). The third kappa shape index (κ3) is 4.41. The first-order valence-electron chi connectivity index (χ1n) is 10.3. The van der Waals surface area contributed by atoms with Gasteiger partial charge in [0, 0.05) is 12.0 Å². The van der Waals surface area contributed by atoms with Crippen molar-refractivity contribution in [1.29, 1.82) is 0 Å². The van der Waals surface area contributed by atoms with Crippen LogP contribution < -0.4 is 4.74 Å². The summed E-state index contributed by atoms with van der Waals surface area (Å²) in [6.07, 6.45) is -0.294. The van der Waals surface area contributed by atoms with Gasteiger partial charge in [0.2, 0.25) is 0 Å².